The van der Waals surface area contributed by atoms with Crippen molar-refractivity contribution in [1.29, 1.82) is 0 Å². The lowest BCUT2D eigenvalue weighted by atomic mass is 9.81. The van der Waals surface area contributed by atoms with Crippen LogP contribution in [0, 0.1) is 5.92 Å². The molecule has 8 nitrogen and oxygen atoms in total. The Morgan fingerprint density at radius 2 is 2.09 bits per heavy atom. The van der Waals surface area contributed by atoms with Crippen LogP contribution in [0.15, 0.2) is 24.3 Å². The van der Waals surface area contributed by atoms with Gasteiger partial charge in [0.1, 0.15) is 5.82 Å². The number of aromatic nitrogens is 3. The van der Waals surface area contributed by atoms with Crippen LogP contribution in [0.5, 0.6) is 0 Å². The zero-order chi connectivity index (χ0) is 15.9. The summed E-state index contributed by atoms with van der Waals surface area (Å²) < 4.78 is 1.59. The van der Waals surface area contributed by atoms with Crippen molar-refractivity contribution in [1.82, 2.24) is 14.8 Å². The summed E-state index contributed by atoms with van der Waals surface area (Å²) in [6.45, 7) is 0.305. The van der Waals surface area contributed by atoms with Gasteiger partial charge in [0.15, 0.2) is 0 Å². The van der Waals surface area contributed by atoms with Crippen LogP contribution in [0.25, 0.3) is 0 Å². The zero-order valence-electron chi connectivity index (χ0n) is 11.5. The molecule has 0 saturated heterocycles. The molecule has 2 unspecified atom stereocenters. The Morgan fingerprint density at radius 3 is 2.77 bits per heavy atom. The van der Waals surface area contributed by atoms with Gasteiger partial charge in [0.05, 0.1) is 18.0 Å². The van der Waals surface area contributed by atoms with Crippen molar-refractivity contribution in [2.45, 2.75) is 18.9 Å². The number of anilines is 1. The summed E-state index contributed by atoms with van der Waals surface area (Å²) in [5, 5.41) is 22.6. The highest BCUT2D eigenvalue weighted by molar-refractivity contribution is 5.87. The molecule has 4 N–H and O–H groups in total. The Morgan fingerprint density at radius 1 is 1.32 bits per heavy atom. The van der Waals surface area contributed by atoms with Crippen molar-refractivity contribution in [3.63, 3.8) is 0 Å². The van der Waals surface area contributed by atoms with Crippen molar-refractivity contribution < 1.29 is 19.8 Å². The number of rotatable bonds is 3. The summed E-state index contributed by atoms with van der Waals surface area (Å²) in [4.78, 5) is 26.7. The van der Waals surface area contributed by atoms with E-state index >= 15 is 0 Å². The first-order valence-corrected chi connectivity index (χ1v) is 6.71. The van der Waals surface area contributed by atoms with Gasteiger partial charge in [-0.1, -0.05) is 12.1 Å². The molecule has 0 amide bonds. The maximum Gasteiger partial charge on any atom is 0.335 e. The summed E-state index contributed by atoms with van der Waals surface area (Å²) in [5.74, 6) is -2.42. The van der Waals surface area contributed by atoms with Crippen molar-refractivity contribution in [2.24, 2.45) is 5.92 Å². The quantitative estimate of drug-likeness (QED) is 0.756. The predicted molar refractivity (Wildman–Crippen MR) is 75.4 cm³/mol. The number of carboxylic acids is 2. The maximum atomic E-state index is 11.6. The van der Waals surface area contributed by atoms with Gasteiger partial charge in [0.2, 0.25) is 5.95 Å². The normalized spacial score (nSPS) is 20.4. The molecule has 2 heterocycles. The van der Waals surface area contributed by atoms with E-state index in [1.165, 1.54) is 12.1 Å². The minimum atomic E-state index is -1.05. The van der Waals surface area contributed by atoms with Gasteiger partial charge in [-0.2, -0.15) is 4.98 Å². The molecule has 114 valence electrons. The molecular formula is C14H14N4O4. The molecule has 22 heavy (non-hydrogen) atoms. The average molecular weight is 302 g/mol. The molecule has 8 heteroatoms. The van der Waals surface area contributed by atoms with E-state index in [1.54, 1.807) is 16.8 Å². The van der Waals surface area contributed by atoms with E-state index in [0.717, 1.165) is 0 Å². The highest BCUT2D eigenvalue weighted by atomic mass is 16.4. The number of hydrogen-bond donors (Lipinski definition) is 3. The third-order valence-electron chi connectivity index (χ3n) is 3.90. The van der Waals surface area contributed by atoms with Gasteiger partial charge in [-0.05, 0) is 17.7 Å². The molecule has 3 rings (SSSR count). The largest absolute Gasteiger partial charge is 0.481 e. The maximum absolute atomic E-state index is 11.6. The fraction of sp³-hybridized carbons (Fsp3) is 0.286. The minimum Gasteiger partial charge on any atom is -0.481 e. The monoisotopic (exact) mass is 302 g/mol. The van der Waals surface area contributed by atoms with Crippen LogP contribution in [0.4, 0.5) is 5.95 Å². The molecule has 1 aromatic carbocycles. The van der Waals surface area contributed by atoms with E-state index in [9.17, 15) is 14.7 Å². The minimum absolute atomic E-state index is 0.110. The molecule has 0 fully saturated rings. The third kappa shape index (κ3) is 2.39. The highest BCUT2D eigenvalue weighted by Gasteiger charge is 2.36. The summed E-state index contributed by atoms with van der Waals surface area (Å²) in [6.07, 6.45) is 0.210. The molecule has 0 bridgehead atoms. The summed E-state index contributed by atoms with van der Waals surface area (Å²) in [7, 11) is 0. The Bertz CT molecular complexity index is 755. The molecule has 1 aliphatic rings. The topological polar surface area (TPSA) is 131 Å². The smallest absolute Gasteiger partial charge is 0.335 e. The van der Waals surface area contributed by atoms with E-state index in [4.69, 9.17) is 10.8 Å². The van der Waals surface area contributed by atoms with Crippen molar-refractivity contribution in [2.75, 3.05) is 5.73 Å². The van der Waals surface area contributed by atoms with Crippen molar-refractivity contribution >= 4 is 17.9 Å². The molecule has 0 spiro atoms. The van der Waals surface area contributed by atoms with E-state index in [1.807, 2.05) is 0 Å². The lowest BCUT2D eigenvalue weighted by molar-refractivity contribution is -0.143. The lowest BCUT2D eigenvalue weighted by Gasteiger charge is -2.29. The number of fused-ring (bicyclic) bond motifs is 1. The number of nitrogens with two attached hydrogens (primary N) is 1. The fourth-order valence-electron chi connectivity index (χ4n) is 2.84. The number of carbonyl (C=O) groups is 2. The van der Waals surface area contributed by atoms with Crippen LogP contribution in [0.3, 0.4) is 0 Å². The van der Waals surface area contributed by atoms with E-state index in [0.29, 0.717) is 17.9 Å². The number of aliphatic carboxylic acids is 1. The summed E-state index contributed by atoms with van der Waals surface area (Å²) >= 11 is 0. The van der Waals surface area contributed by atoms with Crippen LogP contribution in [-0.4, -0.2) is 36.9 Å². The summed E-state index contributed by atoms with van der Waals surface area (Å²) in [6, 6.07) is 6.33. The van der Waals surface area contributed by atoms with Crippen molar-refractivity contribution in [3.8, 4) is 0 Å². The van der Waals surface area contributed by atoms with Gasteiger partial charge in [-0.25, -0.2) is 9.48 Å². The van der Waals surface area contributed by atoms with Crippen LogP contribution in [0.2, 0.25) is 0 Å². The van der Waals surface area contributed by atoms with Crippen LogP contribution >= 0.6 is 0 Å². The van der Waals surface area contributed by atoms with E-state index < -0.39 is 17.9 Å². The second-order valence-electron chi connectivity index (χ2n) is 5.25. The molecule has 0 saturated carbocycles. The number of benzene rings is 1. The van der Waals surface area contributed by atoms with Gasteiger partial charge in [-0.15, -0.1) is 5.10 Å². The van der Waals surface area contributed by atoms with Gasteiger partial charge in [0, 0.05) is 12.3 Å². The van der Waals surface area contributed by atoms with E-state index in [-0.39, 0.29) is 23.9 Å². The second-order valence-corrected chi connectivity index (χ2v) is 5.25. The molecule has 2 atom stereocenters. The van der Waals surface area contributed by atoms with E-state index in [2.05, 4.69) is 10.1 Å². The predicted octanol–water partition coefficient (Wildman–Crippen LogP) is 0.599. The average Bonchev–Trinajstić information content (AvgIpc) is 2.85. The molecule has 0 radical (unpaired) electrons. The number of nitrogen functional groups attached to an aromatic ring is 1. The Labute approximate surface area is 125 Å². The number of carboxylic acid groups (broad SMARTS) is 2. The molecule has 1 aromatic heterocycles. The Kier molecular flexibility index (Phi) is 3.28. The molecule has 0 aliphatic carbocycles. The number of nitrogens with zero attached hydrogens (tertiary/aromatic N) is 3. The summed E-state index contributed by atoms with van der Waals surface area (Å²) in [5.41, 5.74) is 6.35. The van der Waals surface area contributed by atoms with Crippen LogP contribution in [0.1, 0.15) is 27.7 Å². The first-order chi connectivity index (χ1) is 10.5. The lowest BCUT2D eigenvalue weighted by Crippen LogP contribution is -2.33. The van der Waals surface area contributed by atoms with Gasteiger partial charge in [0.25, 0.3) is 0 Å². The fourth-order valence-corrected chi connectivity index (χ4v) is 2.84. The zero-order valence-corrected chi connectivity index (χ0v) is 11.5. The van der Waals surface area contributed by atoms with Gasteiger partial charge < -0.3 is 15.9 Å². The second kappa shape index (κ2) is 5.14. The standard InChI is InChI=1S/C14H14N4O4/c15-14-16-11-5-9(13(21)22)10(6-18(11)17-14)7-2-1-3-8(4-7)12(19)20/h1-4,9-10H,5-6H2,(H2,15,17)(H,19,20)(H,21,22). The molecule has 2 aromatic rings. The van der Waals surface area contributed by atoms with Gasteiger partial charge >= 0.3 is 11.9 Å². The number of aromatic carboxylic acids is 1. The van der Waals surface area contributed by atoms with Crippen molar-refractivity contribution in [3.05, 3.63) is 41.2 Å². The highest BCUT2D eigenvalue weighted by Crippen LogP contribution is 2.34. The first-order valence-electron chi connectivity index (χ1n) is 6.71. The Hall–Kier alpha value is -2.90. The SMILES string of the molecule is Nc1nc2n(n1)CC(c1cccc(C(=O)O)c1)C(C(=O)O)C2. The number of hydrogen-bond acceptors (Lipinski definition) is 5. The molecule has 1 aliphatic heterocycles. The first kappa shape index (κ1) is 14.1. The molecular weight excluding hydrogens is 288 g/mol. The van der Waals surface area contributed by atoms with Crippen LogP contribution < -0.4 is 5.73 Å². The van der Waals surface area contributed by atoms with Gasteiger partial charge in [-0.3, -0.25) is 4.79 Å². The Balaban J connectivity index is 2.02. The third-order valence-corrected chi connectivity index (χ3v) is 3.90. The van der Waals surface area contributed by atoms with Crippen LogP contribution in [-0.2, 0) is 17.8 Å².